The van der Waals surface area contributed by atoms with Gasteiger partial charge in [-0.3, -0.25) is 0 Å². The molecule has 0 unspecified atom stereocenters. The Morgan fingerprint density at radius 2 is 1.02 bits per heavy atom. The first-order chi connectivity index (χ1) is 28.7. The molecule has 1 aromatic heterocycles. The maximum Gasteiger partial charge on any atom is 0.0541 e. The largest absolute Gasteiger partial charge is 0.310 e. The van der Waals surface area contributed by atoms with Crippen LogP contribution in [0.5, 0.6) is 0 Å². The van der Waals surface area contributed by atoms with Crippen LogP contribution in [0.25, 0.3) is 60.5 Å². The third-order valence-corrected chi connectivity index (χ3v) is 14.9. The van der Waals surface area contributed by atoms with Gasteiger partial charge in [0, 0.05) is 38.9 Å². The van der Waals surface area contributed by atoms with Crippen molar-refractivity contribution in [1.82, 2.24) is 4.57 Å². The van der Waals surface area contributed by atoms with Crippen molar-refractivity contribution >= 4 is 49.6 Å². The minimum Gasteiger partial charge on any atom is -0.310 e. The number of hydrogen-bond acceptors (Lipinski definition) is 1. The Bertz CT molecular complexity index is 3010. The van der Waals surface area contributed by atoms with Crippen LogP contribution in [-0.4, -0.2) is 4.57 Å². The average Bonchev–Trinajstić information content (AvgIpc) is 3.76. The number of hydrogen-bond donors (Lipinski definition) is 0. The van der Waals surface area contributed by atoms with Gasteiger partial charge in [0.05, 0.1) is 11.0 Å². The summed E-state index contributed by atoms with van der Waals surface area (Å²) in [7, 11) is 0. The maximum absolute atomic E-state index is 2.61. The molecular weight excluding hydrogens is 701 g/mol. The first-order valence-corrected chi connectivity index (χ1v) is 21.4. The Morgan fingerprint density at radius 1 is 0.414 bits per heavy atom. The van der Waals surface area contributed by atoms with Gasteiger partial charge in [-0.25, -0.2) is 0 Å². The summed E-state index contributed by atoms with van der Waals surface area (Å²) >= 11 is 0. The summed E-state index contributed by atoms with van der Waals surface area (Å²) < 4.78 is 2.41. The zero-order valence-corrected chi connectivity index (χ0v) is 32.6. The number of anilines is 3. The monoisotopic (exact) mass is 744 g/mol. The van der Waals surface area contributed by atoms with Crippen molar-refractivity contribution in [2.24, 2.45) is 23.7 Å². The Labute approximate surface area is 340 Å². The Kier molecular flexibility index (Phi) is 6.94. The fourth-order valence-corrected chi connectivity index (χ4v) is 12.9. The number of benzene rings is 8. The molecule has 0 radical (unpaired) electrons. The molecule has 0 saturated heterocycles. The van der Waals surface area contributed by atoms with Gasteiger partial charge in [0.2, 0.25) is 0 Å². The molecule has 1 spiro atoms. The summed E-state index contributed by atoms with van der Waals surface area (Å²) in [5.74, 6) is 3.40. The van der Waals surface area contributed by atoms with Crippen molar-refractivity contribution < 1.29 is 0 Å². The number of aromatic nitrogens is 1. The maximum atomic E-state index is 2.61. The highest BCUT2D eigenvalue weighted by Crippen LogP contribution is 2.69. The average molecular weight is 745 g/mol. The van der Waals surface area contributed by atoms with Gasteiger partial charge in [0.15, 0.2) is 0 Å². The van der Waals surface area contributed by atoms with E-state index in [4.69, 9.17) is 0 Å². The summed E-state index contributed by atoms with van der Waals surface area (Å²) in [6, 6.07) is 68.4. The predicted molar refractivity (Wildman–Crippen MR) is 242 cm³/mol. The summed E-state index contributed by atoms with van der Waals surface area (Å²) in [5.41, 5.74) is 16.0. The molecule has 4 fully saturated rings. The quantitative estimate of drug-likeness (QED) is 0.170. The predicted octanol–water partition coefficient (Wildman–Crippen LogP) is 14.8. The van der Waals surface area contributed by atoms with Gasteiger partial charge >= 0.3 is 0 Å². The normalized spacial score (nSPS) is 22.6. The van der Waals surface area contributed by atoms with Crippen molar-refractivity contribution in [1.29, 1.82) is 0 Å². The summed E-state index contributed by atoms with van der Waals surface area (Å²) in [6.07, 6.45) is 7.10. The van der Waals surface area contributed by atoms with Gasteiger partial charge in [-0.05, 0) is 161 Å². The van der Waals surface area contributed by atoms with Crippen LogP contribution in [0.2, 0.25) is 0 Å². The fraction of sp³-hybridized carbons (Fsp3) is 0.179. The molecule has 2 nitrogen and oxygen atoms in total. The zero-order chi connectivity index (χ0) is 38.0. The van der Waals surface area contributed by atoms with Crippen LogP contribution in [0, 0.1) is 23.7 Å². The molecule has 0 N–H and O–H groups in total. The topological polar surface area (TPSA) is 8.17 Å². The SMILES string of the molecule is c1cc(N(c2ccc(-c3ccc4c(c3)C3(c5ccccc5-4)C4CC5CC(C4)CC3C5)cc2)c2ccc3ccccc3c2)cc(-n2c3ccccc3c3ccccc32)c1. The van der Waals surface area contributed by atoms with Gasteiger partial charge < -0.3 is 9.47 Å². The smallest absolute Gasteiger partial charge is 0.0541 e. The Balaban J connectivity index is 0.933. The van der Waals surface area contributed by atoms with E-state index in [2.05, 4.69) is 191 Å². The Morgan fingerprint density at radius 3 is 1.78 bits per heavy atom. The van der Waals surface area contributed by atoms with Gasteiger partial charge in [0.25, 0.3) is 0 Å². The second kappa shape index (κ2) is 12.3. The molecule has 1 heterocycles. The number of para-hydroxylation sites is 2. The van der Waals surface area contributed by atoms with E-state index in [1.807, 2.05) is 0 Å². The van der Waals surface area contributed by atoms with Crippen LogP contribution < -0.4 is 4.90 Å². The minimum atomic E-state index is 0.170. The molecule has 9 aromatic rings. The minimum absolute atomic E-state index is 0.170. The lowest BCUT2D eigenvalue weighted by molar-refractivity contribution is -0.0399. The molecule has 4 bridgehead atoms. The van der Waals surface area contributed by atoms with E-state index in [1.165, 1.54) is 86.9 Å². The van der Waals surface area contributed by atoms with E-state index >= 15 is 0 Å². The van der Waals surface area contributed by atoms with E-state index in [9.17, 15) is 0 Å². The van der Waals surface area contributed by atoms with Crippen LogP contribution in [0.1, 0.15) is 43.2 Å². The first kappa shape index (κ1) is 32.7. The second-order valence-corrected chi connectivity index (χ2v) is 17.8. The van der Waals surface area contributed by atoms with E-state index in [0.29, 0.717) is 0 Å². The summed E-state index contributed by atoms with van der Waals surface area (Å²) in [6.45, 7) is 0. The highest BCUT2D eigenvalue weighted by molar-refractivity contribution is 6.09. The number of rotatable bonds is 5. The molecule has 4 saturated carbocycles. The first-order valence-electron chi connectivity index (χ1n) is 21.4. The molecule has 0 atom stereocenters. The van der Waals surface area contributed by atoms with E-state index in [1.54, 1.807) is 11.1 Å². The standard InChI is InChI=1S/C56H44N2/c1-2-11-40-33-47(26-22-38(40)10-1)57(45-12-9-13-46(35-45)58-54-18-7-4-15-50(54)51-16-5-8-19-55(51)58)44-24-20-39(21-25-44)41-23-27-49-48-14-3-6-17-52(48)56(53(49)34-41)42-29-36-28-37(31-42)32-43(56)30-36/h1-27,33-37,42-43H,28-32H2. The van der Waals surface area contributed by atoms with Crippen molar-refractivity contribution in [3.8, 4) is 27.9 Å². The van der Waals surface area contributed by atoms with Gasteiger partial charge in [-0.2, -0.15) is 0 Å². The fourth-order valence-electron chi connectivity index (χ4n) is 12.9. The van der Waals surface area contributed by atoms with E-state index in [0.717, 1.165) is 46.4 Å². The van der Waals surface area contributed by atoms with Crippen LogP contribution in [0.3, 0.4) is 0 Å². The van der Waals surface area contributed by atoms with Crippen molar-refractivity contribution in [2.75, 3.05) is 4.90 Å². The van der Waals surface area contributed by atoms with Crippen LogP contribution >= 0.6 is 0 Å². The molecule has 5 aliphatic rings. The molecule has 278 valence electrons. The van der Waals surface area contributed by atoms with Gasteiger partial charge in [0.1, 0.15) is 0 Å². The molecule has 58 heavy (non-hydrogen) atoms. The molecule has 5 aliphatic carbocycles. The van der Waals surface area contributed by atoms with Crippen molar-refractivity contribution in [3.63, 3.8) is 0 Å². The third-order valence-electron chi connectivity index (χ3n) is 14.9. The molecule has 2 heteroatoms. The second-order valence-electron chi connectivity index (χ2n) is 17.8. The van der Waals surface area contributed by atoms with E-state index in [-0.39, 0.29) is 5.41 Å². The molecule has 14 rings (SSSR count). The molecule has 0 amide bonds. The summed E-state index contributed by atoms with van der Waals surface area (Å²) in [4.78, 5) is 2.43. The summed E-state index contributed by atoms with van der Waals surface area (Å²) in [5, 5.41) is 5.03. The lowest BCUT2D eigenvalue weighted by Gasteiger charge is -2.61. The van der Waals surface area contributed by atoms with E-state index < -0.39 is 0 Å². The highest BCUT2D eigenvalue weighted by Gasteiger charge is 2.61. The number of fused-ring (bicyclic) bond motifs is 7. The molecule has 0 aliphatic heterocycles. The Hall–Kier alpha value is -6.38. The molecule has 8 aromatic carbocycles. The lowest BCUT2D eigenvalue weighted by atomic mass is 9.43. The third kappa shape index (κ3) is 4.60. The van der Waals surface area contributed by atoms with Gasteiger partial charge in [-0.1, -0.05) is 121 Å². The zero-order valence-electron chi connectivity index (χ0n) is 32.6. The highest BCUT2D eigenvalue weighted by atomic mass is 15.1. The van der Waals surface area contributed by atoms with Crippen LogP contribution in [0.15, 0.2) is 182 Å². The van der Waals surface area contributed by atoms with Crippen molar-refractivity contribution in [2.45, 2.75) is 37.5 Å². The van der Waals surface area contributed by atoms with Crippen LogP contribution in [-0.2, 0) is 5.41 Å². The van der Waals surface area contributed by atoms with Crippen LogP contribution in [0.4, 0.5) is 17.1 Å². The lowest BCUT2D eigenvalue weighted by Crippen LogP contribution is -2.55. The number of nitrogens with zero attached hydrogens (tertiary/aromatic N) is 2. The van der Waals surface area contributed by atoms with Crippen molar-refractivity contribution in [3.05, 3.63) is 193 Å². The molecular formula is C56H44N2. The van der Waals surface area contributed by atoms with Gasteiger partial charge in [-0.15, -0.1) is 0 Å².